The van der Waals surface area contributed by atoms with E-state index < -0.39 is 0 Å². The number of carbonyl (C=O) groups is 1. The molecule has 0 spiro atoms. The van der Waals surface area contributed by atoms with E-state index in [-0.39, 0.29) is 12.0 Å². The number of oxazole rings is 1. The molecular formula is C16H20N2O4. The summed E-state index contributed by atoms with van der Waals surface area (Å²) in [5, 5.41) is 0. The third-order valence-corrected chi connectivity index (χ3v) is 4.01. The molecule has 0 amide bonds. The molecule has 1 fully saturated rings. The summed E-state index contributed by atoms with van der Waals surface area (Å²) in [4.78, 5) is 18.5. The molecule has 3 rings (SSSR count). The summed E-state index contributed by atoms with van der Waals surface area (Å²) < 4.78 is 15.9. The molecular weight excluding hydrogens is 284 g/mol. The predicted octanol–water partition coefficient (Wildman–Crippen LogP) is 2.77. The van der Waals surface area contributed by atoms with Gasteiger partial charge in [0.25, 0.3) is 5.89 Å². The molecule has 0 N–H and O–H groups in total. The number of nitrogens with zero attached hydrogens (tertiary/aromatic N) is 2. The van der Waals surface area contributed by atoms with E-state index in [1.165, 1.54) is 7.11 Å². The minimum absolute atomic E-state index is 0.223. The Labute approximate surface area is 129 Å². The zero-order valence-electron chi connectivity index (χ0n) is 13.0. The van der Waals surface area contributed by atoms with Crippen molar-refractivity contribution in [2.75, 3.05) is 7.11 Å². The van der Waals surface area contributed by atoms with Crippen molar-refractivity contribution < 1.29 is 18.4 Å². The molecule has 1 aliphatic rings. The number of ether oxygens (including phenoxy) is 1. The van der Waals surface area contributed by atoms with Crippen molar-refractivity contribution in [1.29, 1.82) is 0 Å². The lowest BCUT2D eigenvalue weighted by atomic mass is 10.2. The highest BCUT2D eigenvalue weighted by Crippen LogP contribution is 2.31. The summed E-state index contributed by atoms with van der Waals surface area (Å²) in [6.45, 7) is 4.31. The molecule has 6 nitrogen and oxygen atoms in total. The van der Waals surface area contributed by atoms with Crippen LogP contribution in [0, 0.1) is 6.92 Å². The Hall–Kier alpha value is -2.08. The molecule has 0 unspecified atom stereocenters. The number of esters is 1. The van der Waals surface area contributed by atoms with Gasteiger partial charge in [-0.15, -0.1) is 0 Å². The molecule has 2 heterocycles. The van der Waals surface area contributed by atoms with E-state index in [1.54, 1.807) is 12.3 Å². The first-order chi connectivity index (χ1) is 10.6. The first kappa shape index (κ1) is 14.8. The number of furan rings is 1. The lowest BCUT2D eigenvalue weighted by Crippen LogP contribution is -2.40. The summed E-state index contributed by atoms with van der Waals surface area (Å²) in [6.07, 6.45) is 3.79. The number of aryl methyl sites for hydroxylation is 1. The molecule has 0 aromatic carbocycles. The van der Waals surface area contributed by atoms with Gasteiger partial charge in [-0.2, -0.15) is 0 Å². The van der Waals surface area contributed by atoms with Crippen molar-refractivity contribution in [2.45, 2.75) is 45.3 Å². The average Bonchev–Trinajstić information content (AvgIpc) is 3.07. The Morgan fingerprint density at radius 1 is 1.55 bits per heavy atom. The van der Waals surface area contributed by atoms with E-state index in [0.717, 1.165) is 24.3 Å². The molecule has 2 aromatic heterocycles. The number of rotatable bonds is 6. The van der Waals surface area contributed by atoms with Gasteiger partial charge in [0.1, 0.15) is 11.8 Å². The van der Waals surface area contributed by atoms with Gasteiger partial charge >= 0.3 is 5.97 Å². The number of methoxy groups -OCH3 is 1. The van der Waals surface area contributed by atoms with Crippen molar-refractivity contribution in [2.24, 2.45) is 0 Å². The summed E-state index contributed by atoms with van der Waals surface area (Å²) in [5.74, 6) is 1.60. The molecule has 1 atom stereocenters. The lowest BCUT2D eigenvalue weighted by Gasteiger charge is -2.26. The van der Waals surface area contributed by atoms with Crippen molar-refractivity contribution in [3.8, 4) is 11.7 Å². The van der Waals surface area contributed by atoms with Crippen LogP contribution in [0.25, 0.3) is 11.7 Å². The van der Waals surface area contributed by atoms with Crippen molar-refractivity contribution in [1.82, 2.24) is 9.88 Å². The third-order valence-electron chi connectivity index (χ3n) is 4.01. The molecule has 1 aliphatic carbocycles. The smallest absolute Gasteiger partial charge is 0.322 e. The van der Waals surface area contributed by atoms with E-state index in [4.69, 9.17) is 13.6 Å². The maximum atomic E-state index is 11.8. The Bertz CT molecular complexity index is 643. The monoisotopic (exact) mass is 304 g/mol. The minimum atomic E-state index is -0.291. The topological polar surface area (TPSA) is 68.7 Å². The minimum Gasteiger partial charge on any atom is -0.468 e. The largest absolute Gasteiger partial charge is 0.468 e. The summed E-state index contributed by atoms with van der Waals surface area (Å²) in [5.41, 5.74) is 0.828. The highest BCUT2D eigenvalue weighted by molar-refractivity contribution is 5.75. The molecule has 22 heavy (non-hydrogen) atoms. The highest BCUT2D eigenvalue weighted by Gasteiger charge is 2.36. The second kappa shape index (κ2) is 5.96. The lowest BCUT2D eigenvalue weighted by molar-refractivity contribution is -0.146. The van der Waals surface area contributed by atoms with Gasteiger partial charge < -0.3 is 13.6 Å². The molecule has 0 aliphatic heterocycles. The second-order valence-corrected chi connectivity index (χ2v) is 5.60. The highest BCUT2D eigenvalue weighted by atomic mass is 16.5. The quantitative estimate of drug-likeness (QED) is 0.764. The van der Waals surface area contributed by atoms with Crippen LogP contribution in [-0.2, 0) is 16.1 Å². The number of hydrogen-bond acceptors (Lipinski definition) is 6. The van der Waals surface area contributed by atoms with Crippen molar-refractivity contribution in [3.63, 3.8) is 0 Å². The fourth-order valence-corrected chi connectivity index (χ4v) is 2.55. The SMILES string of the molecule is COC(=O)[C@H](C)N(Cc1nc(-c2ccco2)oc1C)C1CC1. The molecule has 0 bridgehead atoms. The molecule has 2 aromatic rings. The van der Waals surface area contributed by atoms with E-state index in [0.29, 0.717) is 24.2 Å². The number of aromatic nitrogens is 1. The fraction of sp³-hybridized carbons (Fsp3) is 0.500. The number of hydrogen-bond donors (Lipinski definition) is 0. The zero-order valence-corrected chi connectivity index (χ0v) is 13.0. The van der Waals surface area contributed by atoms with Crippen LogP contribution in [0.5, 0.6) is 0 Å². The first-order valence-electron chi connectivity index (χ1n) is 7.44. The van der Waals surface area contributed by atoms with Crippen molar-refractivity contribution in [3.05, 3.63) is 29.9 Å². The van der Waals surface area contributed by atoms with Gasteiger partial charge in [0.05, 0.1) is 19.1 Å². The third kappa shape index (κ3) is 2.92. The van der Waals surface area contributed by atoms with Crippen LogP contribution in [0.2, 0.25) is 0 Å². The van der Waals surface area contributed by atoms with Gasteiger partial charge in [0, 0.05) is 12.6 Å². The van der Waals surface area contributed by atoms with Crippen LogP contribution < -0.4 is 0 Å². The van der Waals surface area contributed by atoms with Crippen LogP contribution in [0.4, 0.5) is 0 Å². The molecule has 0 radical (unpaired) electrons. The predicted molar refractivity (Wildman–Crippen MR) is 79.0 cm³/mol. The Kier molecular flexibility index (Phi) is 4.02. The fourth-order valence-electron chi connectivity index (χ4n) is 2.55. The molecule has 0 saturated heterocycles. The normalized spacial score (nSPS) is 16.0. The second-order valence-electron chi connectivity index (χ2n) is 5.60. The first-order valence-corrected chi connectivity index (χ1v) is 7.44. The Morgan fingerprint density at radius 3 is 2.91 bits per heavy atom. The number of carbonyl (C=O) groups excluding carboxylic acids is 1. The molecule has 118 valence electrons. The van der Waals surface area contributed by atoms with Crippen LogP contribution in [0.3, 0.4) is 0 Å². The van der Waals surface area contributed by atoms with Gasteiger partial charge in [-0.3, -0.25) is 9.69 Å². The van der Waals surface area contributed by atoms with Gasteiger partial charge in [-0.25, -0.2) is 4.98 Å². The van der Waals surface area contributed by atoms with E-state index >= 15 is 0 Å². The van der Waals surface area contributed by atoms with E-state index in [2.05, 4.69) is 9.88 Å². The zero-order chi connectivity index (χ0) is 15.7. The van der Waals surface area contributed by atoms with E-state index in [9.17, 15) is 4.79 Å². The van der Waals surface area contributed by atoms with Gasteiger partial charge in [-0.05, 0) is 38.8 Å². The molecule has 1 saturated carbocycles. The van der Waals surface area contributed by atoms with Crippen LogP contribution in [-0.4, -0.2) is 35.0 Å². The maximum absolute atomic E-state index is 11.8. The van der Waals surface area contributed by atoms with Crippen LogP contribution in [0.15, 0.2) is 27.2 Å². The standard InChI is InChI=1S/C16H20N2O4/c1-10(16(19)20-3)18(12-6-7-12)9-13-11(2)22-15(17-13)14-5-4-8-21-14/h4-5,8,10,12H,6-7,9H2,1-3H3/t10-/m0/s1. The summed E-state index contributed by atoms with van der Waals surface area (Å²) in [6, 6.07) is 3.73. The Balaban J connectivity index is 1.80. The Morgan fingerprint density at radius 2 is 2.32 bits per heavy atom. The van der Waals surface area contributed by atoms with Gasteiger partial charge in [0.2, 0.25) is 0 Å². The average molecular weight is 304 g/mol. The van der Waals surface area contributed by atoms with E-state index in [1.807, 2.05) is 19.9 Å². The maximum Gasteiger partial charge on any atom is 0.322 e. The van der Waals surface area contributed by atoms with Gasteiger partial charge in [-0.1, -0.05) is 0 Å². The summed E-state index contributed by atoms with van der Waals surface area (Å²) in [7, 11) is 1.42. The summed E-state index contributed by atoms with van der Waals surface area (Å²) >= 11 is 0. The van der Waals surface area contributed by atoms with Crippen molar-refractivity contribution >= 4 is 5.97 Å². The van der Waals surface area contributed by atoms with Crippen LogP contribution in [0.1, 0.15) is 31.2 Å². The van der Waals surface area contributed by atoms with Gasteiger partial charge in [0.15, 0.2) is 5.76 Å². The molecule has 6 heteroatoms. The van der Waals surface area contributed by atoms with Crippen LogP contribution >= 0.6 is 0 Å².